The molecule has 0 aromatic rings. The molecule has 0 unspecified atom stereocenters. The number of rotatable bonds is 4. The molecule has 2 aliphatic carbocycles. The van der Waals surface area contributed by atoms with Crippen molar-refractivity contribution in [3.63, 3.8) is 0 Å². The zero-order valence-corrected chi connectivity index (χ0v) is 10.5. The molecule has 0 saturated heterocycles. The quantitative estimate of drug-likeness (QED) is 0.718. The summed E-state index contributed by atoms with van der Waals surface area (Å²) in [6, 6.07) is 0.654. The Labute approximate surface area is 99.7 Å². The summed E-state index contributed by atoms with van der Waals surface area (Å²) in [4.78, 5) is 0. The summed E-state index contributed by atoms with van der Waals surface area (Å²) in [6.45, 7) is 3.12. The Balaban J connectivity index is 1.87. The van der Waals surface area contributed by atoms with Gasteiger partial charge in [-0.05, 0) is 44.4 Å². The molecule has 3 N–H and O–H groups in total. The van der Waals surface area contributed by atoms with Crippen molar-refractivity contribution < 1.29 is 0 Å². The molecule has 0 radical (unpaired) electrons. The van der Waals surface area contributed by atoms with Crippen LogP contribution in [0.1, 0.15) is 51.9 Å². The van der Waals surface area contributed by atoms with Gasteiger partial charge in [0.05, 0.1) is 0 Å². The molecule has 92 valence electrons. The minimum absolute atomic E-state index is 0.252. The molecule has 0 spiro atoms. The maximum absolute atomic E-state index is 6.02. The fourth-order valence-corrected chi connectivity index (χ4v) is 3.21. The molecule has 2 rings (SSSR count). The minimum atomic E-state index is 0.252. The predicted octanol–water partition coefficient (Wildman–Crippen LogP) is 2.59. The second kappa shape index (κ2) is 5.33. The lowest BCUT2D eigenvalue weighted by Crippen LogP contribution is -2.56. The van der Waals surface area contributed by atoms with Gasteiger partial charge in [0.2, 0.25) is 0 Å². The molecule has 2 nitrogen and oxygen atoms in total. The highest BCUT2D eigenvalue weighted by molar-refractivity contribution is 5.03. The third kappa shape index (κ3) is 2.67. The van der Waals surface area contributed by atoms with Gasteiger partial charge in [0.15, 0.2) is 0 Å². The van der Waals surface area contributed by atoms with Crippen molar-refractivity contribution in [3.8, 4) is 0 Å². The number of hydrogen-bond acceptors (Lipinski definition) is 2. The van der Waals surface area contributed by atoms with Crippen LogP contribution in [0.3, 0.4) is 0 Å². The SMILES string of the molecule is CCC1CCC(CN)(NC2CC=CC2)CC1. The zero-order chi connectivity index (χ0) is 11.4. The number of hydrogen-bond donors (Lipinski definition) is 2. The lowest BCUT2D eigenvalue weighted by Gasteiger charge is -2.42. The molecule has 2 aliphatic rings. The average Bonchev–Trinajstić information content (AvgIpc) is 2.83. The van der Waals surface area contributed by atoms with Crippen LogP contribution in [0.2, 0.25) is 0 Å². The second-order valence-electron chi connectivity index (χ2n) is 5.62. The summed E-state index contributed by atoms with van der Waals surface area (Å²) in [5.41, 5.74) is 6.27. The summed E-state index contributed by atoms with van der Waals surface area (Å²) < 4.78 is 0. The maximum atomic E-state index is 6.02. The highest BCUT2D eigenvalue weighted by atomic mass is 15.0. The summed E-state index contributed by atoms with van der Waals surface area (Å²) >= 11 is 0. The van der Waals surface area contributed by atoms with Gasteiger partial charge in [0.1, 0.15) is 0 Å². The van der Waals surface area contributed by atoms with Crippen LogP contribution in [0.15, 0.2) is 12.2 Å². The molecule has 0 amide bonds. The first-order valence-electron chi connectivity index (χ1n) is 6.91. The molecule has 0 heterocycles. The zero-order valence-electron chi connectivity index (χ0n) is 10.5. The maximum Gasteiger partial charge on any atom is 0.0306 e. The summed E-state index contributed by atoms with van der Waals surface area (Å²) in [7, 11) is 0. The molecule has 0 aromatic carbocycles. The molecular weight excluding hydrogens is 196 g/mol. The van der Waals surface area contributed by atoms with Gasteiger partial charge < -0.3 is 11.1 Å². The molecular formula is C14H26N2. The van der Waals surface area contributed by atoms with Crippen molar-refractivity contribution in [1.29, 1.82) is 0 Å². The van der Waals surface area contributed by atoms with Crippen LogP contribution < -0.4 is 11.1 Å². The van der Waals surface area contributed by atoms with E-state index < -0.39 is 0 Å². The van der Waals surface area contributed by atoms with E-state index in [1.54, 1.807) is 0 Å². The van der Waals surface area contributed by atoms with Crippen LogP contribution >= 0.6 is 0 Å². The summed E-state index contributed by atoms with van der Waals surface area (Å²) in [5.74, 6) is 0.947. The number of nitrogens with two attached hydrogens (primary N) is 1. The third-order valence-corrected chi connectivity index (χ3v) is 4.55. The van der Waals surface area contributed by atoms with E-state index in [0.29, 0.717) is 6.04 Å². The van der Waals surface area contributed by atoms with Crippen molar-refractivity contribution >= 4 is 0 Å². The first kappa shape index (κ1) is 12.1. The average molecular weight is 222 g/mol. The molecule has 0 aliphatic heterocycles. The molecule has 0 aromatic heterocycles. The van der Waals surface area contributed by atoms with Crippen molar-refractivity contribution in [1.82, 2.24) is 5.32 Å². The fourth-order valence-electron chi connectivity index (χ4n) is 3.21. The van der Waals surface area contributed by atoms with Gasteiger partial charge in [-0.3, -0.25) is 0 Å². The van der Waals surface area contributed by atoms with Crippen molar-refractivity contribution in [2.24, 2.45) is 11.7 Å². The van der Waals surface area contributed by atoms with Crippen molar-refractivity contribution in [2.75, 3.05) is 6.54 Å². The van der Waals surface area contributed by atoms with Crippen LogP contribution in [0, 0.1) is 5.92 Å². The van der Waals surface area contributed by atoms with Crippen LogP contribution in [0.4, 0.5) is 0 Å². The third-order valence-electron chi connectivity index (χ3n) is 4.55. The van der Waals surface area contributed by atoms with E-state index in [0.717, 1.165) is 12.5 Å². The molecule has 0 atom stereocenters. The lowest BCUT2D eigenvalue weighted by atomic mass is 9.75. The van der Waals surface area contributed by atoms with Gasteiger partial charge >= 0.3 is 0 Å². The fraction of sp³-hybridized carbons (Fsp3) is 0.857. The Bertz CT molecular complexity index is 231. The van der Waals surface area contributed by atoms with Crippen LogP contribution in [0.5, 0.6) is 0 Å². The standard InChI is InChI=1S/C14H26N2/c1-2-12-7-9-14(11-15,10-8-12)16-13-5-3-4-6-13/h3-4,12-13,16H,2,5-11,15H2,1H3. The Morgan fingerprint density at radius 3 is 2.38 bits per heavy atom. The molecule has 1 saturated carbocycles. The van der Waals surface area contributed by atoms with Crippen LogP contribution in [-0.2, 0) is 0 Å². The molecule has 16 heavy (non-hydrogen) atoms. The smallest absolute Gasteiger partial charge is 0.0306 e. The predicted molar refractivity (Wildman–Crippen MR) is 69.3 cm³/mol. The Hall–Kier alpha value is -0.340. The van der Waals surface area contributed by atoms with E-state index in [1.165, 1.54) is 44.9 Å². The van der Waals surface area contributed by atoms with Gasteiger partial charge in [-0.15, -0.1) is 0 Å². The van der Waals surface area contributed by atoms with E-state index in [9.17, 15) is 0 Å². The van der Waals surface area contributed by atoms with Crippen molar-refractivity contribution in [2.45, 2.75) is 63.5 Å². The molecule has 1 fully saturated rings. The van der Waals surface area contributed by atoms with Crippen molar-refractivity contribution in [3.05, 3.63) is 12.2 Å². The van der Waals surface area contributed by atoms with E-state index in [2.05, 4.69) is 24.4 Å². The Morgan fingerprint density at radius 2 is 1.88 bits per heavy atom. The van der Waals surface area contributed by atoms with Gasteiger partial charge in [-0.1, -0.05) is 25.5 Å². The second-order valence-corrected chi connectivity index (χ2v) is 5.62. The summed E-state index contributed by atoms with van der Waals surface area (Å²) in [6.07, 6.45) is 13.6. The van der Waals surface area contributed by atoms with Gasteiger partial charge in [-0.25, -0.2) is 0 Å². The minimum Gasteiger partial charge on any atom is -0.329 e. The van der Waals surface area contributed by atoms with Gasteiger partial charge in [0, 0.05) is 18.1 Å². The topological polar surface area (TPSA) is 38.0 Å². The molecule has 0 bridgehead atoms. The Kier molecular flexibility index (Phi) is 4.04. The summed E-state index contributed by atoms with van der Waals surface area (Å²) in [5, 5.41) is 3.84. The normalized spacial score (nSPS) is 35.8. The molecule has 2 heteroatoms. The van der Waals surface area contributed by atoms with E-state index in [1.807, 2.05) is 0 Å². The van der Waals surface area contributed by atoms with Crippen LogP contribution in [-0.4, -0.2) is 18.1 Å². The largest absolute Gasteiger partial charge is 0.329 e. The highest BCUT2D eigenvalue weighted by Gasteiger charge is 2.35. The first-order valence-corrected chi connectivity index (χ1v) is 6.91. The van der Waals surface area contributed by atoms with Gasteiger partial charge in [0.25, 0.3) is 0 Å². The van der Waals surface area contributed by atoms with Crippen LogP contribution in [0.25, 0.3) is 0 Å². The lowest BCUT2D eigenvalue weighted by molar-refractivity contribution is 0.175. The monoisotopic (exact) mass is 222 g/mol. The Morgan fingerprint density at radius 1 is 1.25 bits per heavy atom. The first-order chi connectivity index (χ1) is 7.78. The number of nitrogens with one attached hydrogen (secondary N) is 1. The van der Waals surface area contributed by atoms with E-state index in [4.69, 9.17) is 5.73 Å². The van der Waals surface area contributed by atoms with E-state index >= 15 is 0 Å². The van der Waals surface area contributed by atoms with E-state index in [-0.39, 0.29) is 5.54 Å². The highest BCUT2D eigenvalue weighted by Crippen LogP contribution is 2.34. The van der Waals surface area contributed by atoms with Gasteiger partial charge in [-0.2, -0.15) is 0 Å².